The summed E-state index contributed by atoms with van der Waals surface area (Å²) in [6, 6.07) is 0. The maximum absolute atomic E-state index is 8.78. The van der Waals surface area contributed by atoms with Crippen LogP contribution in [-0.2, 0) is 11.3 Å². The fourth-order valence-corrected chi connectivity index (χ4v) is 0. The van der Waals surface area contributed by atoms with Crippen molar-refractivity contribution in [1.29, 1.82) is 0 Å². The summed E-state index contributed by atoms with van der Waals surface area (Å²) in [5.41, 5.74) is 9.24. The van der Waals surface area contributed by atoms with Crippen LogP contribution in [0.3, 0.4) is 0 Å². The first-order valence-corrected chi connectivity index (χ1v) is 2.90. The summed E-state index contributed by atoms with van der Waals surface area (Å²) in [5, 5.41) is 4.03. The molecule has 0 aliphatic carbocycles. The van der Waals surface area contributed by atoms with E-state index in [2.05, 4.69) is 28.8 Å². The smallest absolute Gasteiger partial charge is 0.160 e. The lowest BCUT2D eigenvalue weighted by atomic mass is 11.3. The van der Waals surface area contributed by atoms with E-state index in [1.165, 1.54) is 0 Å². The third-order valence-corrected chi connectivity index (χ3v) is 0. The summed E-state index contributed by atoms with van der Waals surface area (Å²) in [7, 11) is 0. The predicted molar refractivity (Wildman–Crippen MR) is 34.1 cm³/mol. The lowest BCUT2D eigenvalue weighted by molar-refractivity contribution is 0.539. The Morgan fingerprint density at radius 2 is 1.62 bits per heavy atom. The first kappa shape index (κ1) is 10.7. The molecule has 0 heterocycles. The van der Waals surface area contributed by atoms with Gasteiger partial charge in [0.05, 0.1) is 0 Å². The number of hydrogen-bond donors (Lipinski definition) is 3. The van der Waals surface area contributed by atoms with Crippen molar-refractivity contribution in [2.75, 3.05) is 0 Å². The van der Waals surface area contributed by atoms with Crippen molar-refractivity contribution in [3.63, 3.8) is 0 Å². The Morgan fingerprint density at radius 3 is 1.62 bits per heavy atom. The molecule has 0 amide bonds. The average molecular weight is 156 g/mol. The van der Waals surface area contributed by atoms with Crippen LogP contribution in [-0.4, -0.2) is 13.9 Å². The molecule has 7 heteroatoms. The van der Waals surface area contributed by atoms with E-state index >= 15 is 0 Å². The van der Waals surface area contributed by atoms with Gasteiger partial charge in [-0.15, -0.1) is 0 Å². The number of thiocarbonyl (C=S) groups is 1. The molecule has 0 bridgehead atoms. The summed E-state index contributed by atoms with van der Waals surface area (Å²) in [5.74, 6) is 0. The SMILES string of the molecule is NC(N)=S.NS(=O)[O-]. The van der Waals surface area contributed by atoms with E-state index in [4.69, 9.17) is 8.76 Å². The number of rotatable bonds is 0. The molecule has 50 valence electrons. The van der Waals surface area contributed by atoms with Crippen molar-refractivity contribution >= 4 is 28.6 Å². The lowest BCUT2D eigenvalue weighted by Gasteiger charge is -1.85. The van der Waals surface area contributed by atoms with Gasteiger partial charge >= 0.3 is 0 Å². The van der Waals surface area contributed by atoms with Gasteiger partial charge in [-0.1, -0.05) is 0 Å². The van der Waals surface area contributed by atoms with Gasteiger partial charge in [-0.2, -0.15) is 0 Å². The molecule has 0 aliphatic rings. The molecule has 1 atom stereocenters. The van der Waals surface area contributed by atoms with Crippen LogP contribution in [0.25, 0.3) is 0 Å². The van der Waals surface area contributed by atoms with Crippen molar-refractivity contribution in [2.45, 2.75) is 0 Å². The van der Waals surface area contributed by atoms with Crippen LogP contribution in [0.1, 0.15) is 0 Å². The van der Waals surface area contributed by atoms with Crippen molar-refractivity contribution < 1.29 is 8.76 Å². The fraction of sp³-hybridized carbons (Fsp3) is 0. The fourth-order valence-electron chi connectivity index (χ4n) is 0. The molecule has 8 heavy (non-hydrogen) atoms. The van der Waals surface area contributed by atoms with E-state index in [0.717, 1.165) is 0 Å². The highest BCUT2D eigenvalue weighted by atomic mass is 32.2. The number of hydrogen-bond acceptors (Lipinski definition) is 3. The van der Waals surface area contributed by atoms with Gasteiger partial charge in [-0.05, 0) is 12.2 Å². The van der Waals surface area contributed by atoms with Crippen molar-refractivity contribution in [3.05, 3.63) is 0 Å². The first-order chi connectivity index (χ1) is 3.46. The zero-order chi connectivity index (χ0) is 7.15. The zero-order valence-corrected chi connectivity index (χ0v) is 5.50. The molecular weight excluding hydrogens is 150 g/mol. The van der Waals surface area contributed by atoms with Crippen molar-refractivity contribution in [1.82, 2.24) is 0 Å². The van der Waals surface area contributed by atoms with Gasteiger partial charge in [0.1, 0.15) is 0 Å². The molecule has 5 nitrogen and oxygen atoms in total. The second-order valence-electron chi connectivity index (χ2n) is 0.663. The predicted octanol–water partition coefficient (Wildman–Crippen LogP) is -2.07. The monoisotopic (exact) mass is 156 g/mol. The first-order valence-electron chi connectivity index (χ1n) is 1.35. The summed E-state index contributed by atoms with van der Waals surface area (Å²) in [6.07, 6.45) is 0. The Morgan fingerprint density at radius 1 is 1.62 bits per heavy atom. The Bertz CT molecular complexity index is 73.3. The third-order valence-electron chi connectivity index (χ3n) is 0. The van der Waals surface area contributed by atoms with E-state index in [1.54, 1.807) is 0 Å². The van der Waals surface area contributed by atoms with Crippen molar-refractivity contribution in [2.24, 2.45) is 16.6 Å². The Balaban J connectivity index is 0. The molecule has 6 N–H and O–H groups in total. The topological polar surface area (TPSA) is 118 Å². The van der Waals surface area contributed by atoms with Gasteiger partial charge in [0.15, 0.2) is 5.11 Å². The maximum Gasteiger partial charge on any atom is 0.160 e. The molecule has 0 aliphatic heterocycles. The Kier molecular flexibility index (Phi) is 9.03. The van der Waals surface area contributed by atoms with E-state index in [1.807, 2.05) is 0 Å². The van der Waals surface area contributed by atoms with Crippen LogP contribution < -0.4 is 16.6 Å². The zero-order valence-electron chi connectivity index (χ0n) is 3.87. The van der Waals surface area contributed by atoms with Gasteiger partial charge in [-0.3, -0.25) is 9.35 Å². The average Bonchev–Trinajstić information content (AvgIpc) is 1.25. The summed E-state index contributed by atoms with van der Waals surface area (Å²) in [4.78, 5) is 0. The van der Waals surface area contributed by atoms with Crippen LogP contribution >= 0.6 is 12.2 Å². The summed E-state index contributed by atoms with van der Waals surface area (Å²) >= 11 is 1.73. The van der Waals surface area contributed by atoms with Crippen LogP contribution in [0, 0.1) is 0 Å². The van der Waals surface area contributed by atoms with Crippen LogP contribution in [0.15, 0.2) is 0 Å². The molecule has 0 radical (unpaired) electrons. The third kappa shape index (κ3) is 2270. The Hall–Kier alpha value is -0.240. The molecule has 0 saturated carbocycles. The molecule has 0 rings (SSSR count). The van der Waals surface area contributed by atoms with Crippen LogP contribution in [0.4, 0.5) is 0 Å². The minimum atomic E-state index is -2.36. The lowest BCUT2D eigenvalue weighted by Crippen LogP contribution is -2.18. The molecule has 0 aromatic carbocycles. The minimum Gasteiger partial charge on any atom is -0.760 e. The standard InChI is InChI=1S/CH4N2S.H3NO2S/c2-1(3)4;1-4(2)3/h(H4,2,3,4);1H2,(H,2,3)/p-1. The molecule has 0 aromatic rings. The normalized spacial score (nSPS) is 10.8. The van der Waals surface area contributed by atoms with Crippen LogP contribution in [0.2, 0.25) is 0 Å². The van der Waals surface area contributed by atoms with Gasteiger partial charge in [0.25, 0.3) is 0 Å². The van der Waals surface area contributed by atoms with Gasteiger partial charge < -0.3 is 16.0 Å². The Labute approximate surface area is 54.6 Å². The molecular formula is CH6N3O2S2-. The van der Waals surface area contributed by atoms with E-state index in [9.17, 15) is 0 Å². The quantitative estimate of drug-likeness (QED) is 0.275. The van der Waals surface area contributed by atoms with E-state index in [0.29, 0.717) is 0 Å². The molecule has 0 spiro atoms. The minimum absolute atomic E-state index is 0.000000000000000222. The second kappa shape index (κ2) is 6.76. The molecule has 0 saturated heterocycles. The van der Waals surface area contributed by atoms with E-state index < -0.39 is 11.3 Å². The maximum atomic E-state index is 8.78. The van der Waals surface area contributed by atoms with Crippen LogP contribution in [0.5, 0.6) is 0 Å². The highest BCUT2D eigenvalue weighted by molar-refractivity contribution is 7.80. The van der Waals surface area contributed by atoms with Crippen molar-refractivity contribution in [3.8, 4) is 0 Å². The van der Waals surface area contributed by atoms with E-state index in [-0.39, 0.29) is 5.11 Å². The van der Waals surface area contributed by atoms with Gasteiger partial charge in [-0.25, -0.2) is 0 Å². The van der Waals surface area contributed by atoms with Gasteiger partial charge in [0, 0.05) is 11.3 Å². The second-order valence-corrected chi connectivity index (χ2v) is 1.66. The molecule has 1 unspecified atom stereocenters. The van der Waals surface area contributed by atoms with Gasteiger partial charge in [0.2, 0.25) is 0 Å². The summed E-state index contributed by atoms with van der Waals surface area (Å²) < 4.78 is 17.6. The largest absolute Gasteiger partial charge is 0.760 e. The molecule has 0 aromatic heterocycles. The highest BCUT2D eigenvalue weighted by Gasteiger charge is 1.53. The summed E-state index contributed by atoms with van der Waals surface area (Å²) in [6.45, 7) is 0. The number of nitrogens with two attached hydrogens (primary N) is 3. The molecule has 0 fully saturated rings. The highest BCUT2D eigenvalue weighted by Crippen LogP contribution is 1.33.